The van der Waals surface area contributed by atoms with Crippen molar-refractivity contribution < 1.29 is 4.74 Å². The Hall–Kier alpha value is -0.0800. The minimum absolute atomic E-state index is 0.0487. The highest BCUT2D eigenvalue weighted by molar-refractivity contribution is 4.81. The molecule has 2 heteroatoms. The Balaban J connectivity index is 2.03. The van der Waals surface area contributed by atoms with Crippen molar-refractivity contribution in [1.29, 1.82) is 0 Å². The fourth-order valence-electron chi connectivity index (χ4n) is 2.36. The average molecular weight is 227 g/mol. The minimum atomic E-state index is -0.0487. The first-order valence-corrected chi connectivity index (χ1v) is 6.95. The van der Waals surface area contributed by atoms with Gasteiger partial charge in [0.05, 0.1) is 6.10 Å². The molecule has 0 aromatic rings. The molecule has 0 aromatic heterocycles. The topological polar surface area (TPSA) is 12.5 Å². The SMILES string of the molecule is CCCCCCCCC1CN(C)C(C)(C)O1. The van der Waals surface area contributed by atoms with Gasteiger partial charge in [-0.1, -0.05) is 45.4 Å². The molecule has 1 rings (SSSR count). The Kier molecular flexibility index (Phi) is 5.77. The third-order valence-electron chi connectivity index (χ3n) is 3.73. The molecular formula is C14H29NO. The number of hydrogen-bond donors (Lipinski definition) is 0. The zero-order chi connectivity index (χ0) is 12.0. The van der Waals surface area contributed by atoms with E-state index in [1.54, 1.807) is 0 Å². The van der Waals surface area contributed by atoms with Crippen LogP contribution in [0.2, 0.25) is 0 Å². The van der Waals surface area contributed by atoms with Gasteiger partial charge < -0.3 is 4.74 Å². The van der Waals surface area contributed by atoms with Gasteiger partial charge in [0.25, 0.3) is 0 Å². The second-order valence-electron chi connectivity index (χ2n) is 5.62. The molecule has 0 amide bonds. The van der Waals surface area contributed by atoms with Crippen LogP contribution >= 0.6 is 0 Å². The van der Waals surface area contributed by atoms with E-state index in [2.05, 4.69) is 32.7 Å². The van der Waals surface area contributed by atoms with Crippen molar-refractivity contribution in [3.63, 3.8) is 0 Å². The molecule has 0 radical (unpaired) electrons. The van der Waals surface area contributed by atoms with E-state index in [0.29, 0.717) is 6.10 Å². The minimum Gasteiger partial charge on any atom is -0.356 e. The van der Waals surface area contributed by atoms with E-state index in [-0.39, 0.29) is 5.72 Å². The van der Waals surface area contributed by atoms with E-state index < -0.39 is 0 Å². The summed E-state index contributed by atoms with van der Waals surface area (Å²) in [5.74, 6) is 0. The lowest BCUT2D eigenvalue weighted by Gasteiger charge is -2.25. The summed E-state index contributed by atoms with van der Waals surface area (Å²) in [4.78, 5) is 2.31. The molecule has 0 spiro atoms. The van der Waals surface area contributed by atoms with Crippen LogP contribution in [0.15, 0.2) is 0 Å². The van der Waals surface area contributed by atoms with E-state index in [1.807, 2.05) is 0 Å². The average Bonchev–Trinajstić information content (AvgIpc) is 2.47. The summed E-state index contributed by atoms with van der Waals surface area (Å²) in [6.45, 7) is 7.69. The van der Waals surface area contributed by atoms with Crippen molar-refractivity contribution in [2.75, 3.05) is 13.6 Å². The Bertz CT molecular complexity index is 191. The van der Waals surface area contributed by atoms with Gasteiger partial charge in [0.1, 0.15) is 5.72 Å². The van der Waals surface area contributed by atoms with Gasteiger partial charge in [0, 0.05) is 6.54 Å². The van der Waals surface area contributed by atoms with Gasteiger partial charge in [-0.3, -0.25) is 4.90 Å². The van der Waals surface area contributed by atoms with Crippen LogP contribution in [0.1, 0.15) is 65.7 Å². The number of hydrogen-bond acceptors (Lipinski definition) is 2. The van der Waals surface area contributed by atoms with Crippen LogP contribution in [0, 0.1) is 0 Å². The second-order valence-corrected chi connectivity index (χ2v) is 5.62. The van der Waals surface area contributed by atoms with Gasteiger partial charge in [0.2, 0.25) is 0 Å². The predicted octanol–water partition coefficient (Wildman–Crippen LogP) is 3.80. The zero-order valence-corrected chi connectivity index (χ0v) is 11.6. The Morgan fingerprint density at radius 1 is 1.12 bits per heavy atom. The Morgan fingerprint density at radius 3 is 2.31 bits per heavy atom. The van der Waals surface area contributed by atoms with Crippen LogP contribution in [-0.2, 0) is 4.74 Å². The maximum atomic E-state index is 6.01. The van der Waals surface area contributed by atoms with Crippen LogP contribution < -0.4 is 0 Å². The summed E-state index contributed by atoms with van der Waals surface area (Å²) < 4.78 is 6.01. The van der Waals surface area contributed by atoms with E-state index >= 15 is 0 Å². The van der Waals surface area contributed by atoms with E-state index in [1.165, 1.54) is 44.9 Å². The third kappa shape index (κ3) is 4.42. The monoisotopic (exact) mass is 227 g/mol. The van der Waals surface area contributed by atoms with Gasteiger partial charge in [-0.15, -0.1) is 0 Å². The van der Waals surface area contributed by atoms with Crippen molar-refractivity contribution in [3.8, 4) is 0 Å². The van der Waals surface area contributed by atoms with Gasteiger partial charge in [-0.05, 0) is 27.3 Å². The molecule has 1 fully saturated rings. The molecule has 0 aliphatic carbocycles. The molecule has 0 N–H and O–H groups in total. The summed E-state index contributed by atoms with van der Waals surface area (Å²) in [5, 5.41) is 0. The van der Waals surface area contributed by atoms with Gasteiger partial charge >= 0.3 is 0 Å². The quantitative estimate of drug-likeness (QED) is 0.613. The standard InChI is InChI=1S/C14H29NO/c1-5-6-7-8-9-10-11-13-12-15(4)14(2,3)16-13/h13H,5-12H2,1-4H3. The third-order valence-corrected chi connectivity index (χ3v) is 3.73. The number of likely N-dealkylation sites (N-methyl/N-ethyl adjacent to an activating group) is 1. The number of nitrogens with zero attached hydrogens (tertiary/aromatic N) is 1. The molecule has 1 atom stereocenters. The molecule has 1 heterocycles. The van der Waals surface area contributed by atoms with Crippen LogP contribution in [-0.4, -0.2) is 30.3 Å². The highest BCUT2D eigenvalue weighted by Gasteiger charge is 2.35. The van der Waals surface area contributed by atoms with E-state index in [9.17, 15) is 0 Å². The van der Waals surface area contributed by atoms with Crippen molar-refractivity contribution >= 4 is 0 Å². The summed E-state index contributed by atoms with van der Waals surface area (Å²) in [6.07, 6.45) is 9.96. The number of ether oxygens (including phenoxy) is 1. The lowest BCUT2D eigenvalue weighted by atomic mass is 10.1. The van der Waals surface area contributed by atoms with Crippen LogP contribution in [0.3, 0.4) is 0 Å². The fourth-order valence-corrected chi connectivity index (χ4v) is 2.36. The van der Waals surface area contributed by atoms with Crippen molar-refractivity contribution in [1.82, 2.24) is 4.90 Å². The lowest BCUT2D eigenvalue weighted by Crippen LogP contribution is -2.35. The van der Waals surface area contributed by atoms with E-state index in [0.717, 1.165) is 6.54 Å². The Morgan fingerprint density at radius 2 is 1.75 bits per heavy atom. The molecule has 96 valence electrons. The van der Waals surface area contributed by atoms with E-state index in [4.69, 9.17) is 4.74 Å². The summed E-state index contributed by atoms with van der Waals surface area (Å²) >= 11 is 0. The van der Waals surface area contributed by atoms with Crippen molar-refractivity contribution in [3.05, 3.63) is 0 Å². The normalized spacial score (nSPS) is 25.1. The zero-order valence-electron chi connectivity index (χ0n) is 11.6. The molecule has 0 saturated carbocycles. The van der Waals surface area contributed by atoms with Gasteiger partial charge in [0.15, 0.2) is 0 Å². The smallest absolute Gasteiger partial charge is 0.116 e. The Labute approximate surface area is 101 Å². The molecule has 1 saturated heterocycles. The maximum Gasteiger partial charge on any atom is 0.116 e. The first kappa shape index (κ1) is 14.0. The summed E-state index contributed by atoms with van der Waals surface area (Å²) in [5.41, 5.74) is -0.0487. The highest BCUT2D eigenvalue weighted by atomic mass is 16.5. The lowest BCUT2D eigenvalue weighted by molar-refractivity contribution is -0.0690. The molecule has 0 bridgehead atoms. The highest BCUT2D eigenvalue weighted by Crippen LogP contribution is 2.27. The predicted molar refractivity (Wildman–Crippen MR) is 69.6 cm³/mol. The number of unbranched alkanes of at least 4 members (excludes halogenated alkanes) is 5. The van der Waals surface area contributed by atoms with Crippen molar-refractivity contribution in [2.45, 2.75) is 77.5 Å². The van der Waals surface area contributed by atoms with Crippen LogP contribution in [0.5, 0.6) is 0 Å². The molecule has 1 aliphatic rings. The second kappa shape index (κ2) is 6.61. The first-order valence-electron chi connectivity index (χ1n) is 6.95. The molecule has 0 aromatic carbocycles. The summed E-state index contributed by atoms with van der Waals surface area (Å²) in [7, 11) is 2.15. The largest absolute Gasteiger partial charge is 0.356 e. The van der Waals surface area contributed by atoms with Crippen LogP contribution in [0.25, 0.3) is 0 Å². The van der Waals surface area contributed by atoms with Crippen molar-refractivity contribution in [2.24, 2.45) is 0 Å². The van der Waals surface area contributed by atoms with Gasteiger partial charge in [-0.2, -0.15) is 0 Å². The summed E-state index contributed by atoms with van der Waals surface area (Å²) in [6, 6.07) is 0. The molecule has 16 heavy (non-hydrogen) atoms. The molecule has 1 unspecified atom stereocenters. The molecular weight excluding hydrogens is 198 g/mol. The van der Waals surface area contributed by atoms with Gasteiger partial charge in [-0.25, -0.2) is 0 Å². The number of rotatable bonds is 7. The fraction of sp³-hybridized carbons (Fsp3) is 1.00. The molecule has 1 aliphatic heterocycles. The first-order chi connectivity index (χ1) is 7.56. The van der Waals surface area contributed by atoms with Crippen LogP contribution in [0.4, 0.5) is 0 Å². The maximum absolute atomic E-state index is 6.01. The molecule has 2 nitrogen and oxygen atoms in total.